The third-order valence-corrected chi connectivity index (χ3v) is 5.59. The van der Waals surface area contributed by atoms with Crippen LogP contribution in [0.5, 0.6) is 0 Å². The van der Waals surface area contributed by atoms with E-state index in [9.17, 15) is 4.79 Å². The Balaban J connectivity index is 1.73. The normalized spacial score (nSPS) is 11.3. The second-order valence-electron chi connectivity index (χ2n) is 4.20. The van der Waals surface area contributed by atoms with E-state index in [4.69, 9.17) is 0 Å². The summed E-state index contributed by atoms with van der Waals surface area (Å²) in [5.74, 6) is -0.127. The number of nitrogens with one attached hydrogen (secondary N) is 1. The lowest BCUT2D eigenvalue weighted by Gasteiger charge is -2.01. The van der Waals surface area contributed by atoms with Gasteiger partial charge in [0.15, 0.2) is 4.34 Å². The van der Waals surface area contributed by atoms with Gasteiger partial charge in [-0.3, -0.25) is 4.79 Å². The average Bonchev–Trinajstić information content (AvgIpc) is 3.13. The fraction of sp³-hybridized carbons (Fsp3) is 0.0667. The van der Waals surface area contributed by atoms with E-state index in [2.05, 4.69) is 10.3 Å². The predicted octanol–water partition coefficient (Wildman–Crippen LogP) is 4.73. The first-order chi connectivity index (χ1) is 10.2. The van der Waals surface area contributed by atoms with Gasteiger partial charge < -0.3 is 5.32 Å². The number of hydrogen-bond acceptors (Lipinski definition) is 5. The standard InChI is InChI=1S/C15H12N2OS3/c1-19-15-17-12-6-4-10(9-13(12)21-15)16-14(18)7-5-11-3-2-8-20-11/h2-9H,1H3,(H,16,18)/b7-5+. The third-order valence-electron chi connectivity index (χ3n) is 2.75. The molecule has 0 aliphatic rings. The number of thiazole rings is 1. The fourth-order valence-corrected chi connectivity index (χ4v) is 3.94. The molecule has 2 aromatic heterocycles. The molecule has 0 spiro atoms. The Bertz CT molecular complexity index is 790. The summed E-state index contributed by atoms with van der Waals surface area (Å²) in [6.45, 7) is 0. The van der Waals surface area contributed by atoms with E-state index in [0.29, 0.717) is 0 Å². The Morgan fingerprint density at radius 3 is 3.05 bits per heavy atom. The maximum absolute atomic E-state index is 11.9. The molecule has 21 heavy (non-hydrogen) atoms. The Morgan fingerprint density at radius 1 is 1.38 bits per heavy atom. The minimum absolute atomic E-state index is 0.127. The second kappa shape index (κ2) is 6.43. The summed E-state index contributed by atoms with van der Waals surface area (Å²) in [5, 5.41) is 4.86. The number of rotatable bonds is 4. The van der Waals surface area contributed by atoms with Crippen LogP contribution in [0.15, 0.2) is 46.1 Å². The van der Waals surface area contributed by atoms with Gasteiger partial charge in [-0.05, 0) is 42.0 Å². The minimum Gasteiger partial charge on any atom is -0.322 e. The summed E-state index contributed by atoms with van der Waals surface area (Å²) in [6.07, 6.45) is 5.38. The number of benzene rings is 1. The highest BCUT2D eigenvalue weighted by molar-refractivity contribution is 8.00. The van der Waals surface area contributed by atoms with Crippen molar-refractivity contribution in [3.63, 3.8) is 0 Å². The van der Waals surface area contributed by atoms with Crippen molar-refractivity contribution in [2.24, 2.45) is 0 Å². The zero-order valence-corrected chi connectivity index (χ0v) is 13.6. The molecule has 1 aromatic carbocycles. The number of carbonyl (C=O) groups is 1. The predicted molar refractivity (Wildman–Crippen MR) is 93.4 cm³/mol. The van der Waals surface area contributed by atoms with Crippen LogP contribution in [-0.2, 0) is 4.79 Å². The summed E-state index contributed by atoms with van der Waals surface area (Å²) in [6, 6.07) is 9.71. The highest BCUT2D eigenvalue weighted by Gasteiger charge is 2.05. The number of thiophene rings is 1. The molecule has 6 heteroatoms. The number of amides is 1. The van der Waals surface area contributed by atoms with Gasteiger partial charge in [-0.15, -0.1) is 22.7 Å². The topological polar surface area (TPSA) is 42.0 Å². The molecule has 3 aromatic rings. The minimum atomic E-state index is -0.127. The number of hydrogen-bond donors (Lipinski definition) is 1. The molecule has 0 saturated carbocycles. The maximum atomic E-state index is 11.9. The quantitative estimate of drug-likeness (QED) is 0.554. The molecular weight excluding hydrogens is 320 g/mol. The Labute approximate surface area is 134 Å². The lowest BCUT2D eigenvalue weighted by atomic mass is 10.3. The van der Waals surface area contributed by atoms with Crippen LogP contribution in [0, 0.1) is 0 Å². The number of carbonyl (C=O) groups excluding carboxylic acids is 1. The van der Waals surface area contributed by atoms with Crippen molar-refractivity contribution in [1.29, 1.82) is 0 Å². The highest BCUT2D eigenvalue weighted by atomic mass is 32.2. The molecule has 0 aliphatic carbocycles. The molecular formula is C15H12N2OS3. The lowest BCUT2D eigenvalue weighted by molar-refractivity contribution is -0.111. The van der Waals surface area contributed by atoms with Crippen molar-refractivity contribution in [2.45, 2.75) is 4.34 Å². The van der Waals surface area contributed by atoms with Crippen LogP contribution in [-0.4, -0.2) is 17.1 Å². The van der Waals surface area contributed by atoms with Gasteiger partial charge in [0.2, 0.25) is 5.91 Å². The number of anilines is 1. The van der Waals surface area contributed by atoms with Crippen LogP contribution in [0.25, 0.3) is 16.3 Å². The molecule has 0 fully saturated rings. The zero-order chi connectivity index (χ0) is 14.7. The van der Waals surface area contributed by atoms with E-state index >= 15 is 0 Å². The van der Waals surface area contributed by atoms with E-state index in [1.54, 1.807) is 40.5 Å². The van der Waals surface area contributed by atoms with Gasteiger partial charge in [0.1, 0.15) is 0 Å². The second-order valence-corrected chi connectivity index (χ2v) is 7.27. The van der Waals surface area contributed by atoms with Crippen molar-refractivity contribution in [2.75, 3.05) is 11.6 Å². The van der Waals surface area contributed by atoms with Gasteiger partial charge in [0.25, 0.3) is 0 Å². The molecule has 3 rings (SSSR count). The van der Waals surface area contributed by atoms with Gasteiger partial charge in [0.05, 0.1) is 10.2 Å². The molecule has 0 atom stereocenters. The molecule has 1 amide bonds. The Hall–Kier alpha value is -1.63. The summed E-state index contributed by atoms with van der Waals surface area (Å²) in [5.41, 5.74) is 1.76. The van der Waals surface area contributed by atoms with Gasteiger partial charge in [0, 0.05) is 16.6 Å². The zero-order valence-electron chi connectivity index (χ0n) is 11.2. The first-order valence-electron chi connectivity index (χ1n) is 6.22. The van der Waals surface area contributed by atoms with E-state index in [-0.39, 0.29) is 5.91 Å². The van der Waals surface area contributed by atoms with Gasteiger partial charge in [-0.2, -0.15) is 0 Å². The summed E-state index contributed by atoms with van der Waals surface area (Å²) in [4.78, 5) is 17.4. The monoisotopic (exact) mass is 332 g/mol. The van der Waals surface area contributed by atoms with Crippen molar-refractivity contribution in [3.8, 4) is 0 Å². The van der Waals surface area contributed by atoms with Crippen LogP contribution in [0.4, 0.5) is 5.69 Å². The lowest BCUT2D eigenvalue weighted by Crippen LogP contribution is -2.07. The molecule has 0 bridgehead atoms. The Morgan fingerprint density at radius 2 is 2.29 bits per heavy atom. The maximum Gasteiger partial charge on any atom is 0.248 e. The first-order valence-corrected chi connectivity index (χ1v) is 9.14. The van der Waals surface area contributed by atoms with Gasteiger partial charge in [-0.1, -0.05) is 17.8 Å². The first kappa shape index (κ1) is 14.3. The third kappa shape index (κ3) is 3.53. The molecule has 0 saturated heterocycles. The smallest absolute Gasteiger partial charge is 0.248 e. The van der Waals surface area contributed by atoms with Gasteiger partial charge >= 0.3 is 0 Å². The van der Waals surface area contributed by atoms with E-state index < -0.39 is 0 Å². The number of nitrogens with zero attached hydrogens (tertiary/aromatic N) is 1. The molecule has 1 N–H and O–H groups in total. The highest BCUT2D eigenvalue weighted by Crippen LogP contribution is 2.29. The largest absolute Gasteiger partial charge is 0.322 e. The molecule has 106 valence electrons. The van der Waals surface area contributed by atoms with Crippen molar-refractivity contribution in [1.82, 2.24) is 4.98 Å². The van der Waals surface area contributed by atoms with Gasteiger partial charge in [-0.25, -0.2) is 4.98 Å². The molecule has 2 heterocycles. The summed E-state index contributed by atoms with van der Waals surface area (Å²) < 4.78 is 2.12. The van der Waals surface area contributed by atoms with Crippen LogP contribution < -0.4 is 5.32 Å². The Kier molecular flexibility index (Phi) is 4.38. The fourth-order valence-electron chi connectivity index (χ4n) is 1.80. The van der Waals surface area contributed by atoms with Crippen molar-refractivity contribution >= 4 is 62.3 Å². The number of thioether (sulfide) groups is 1. The van der Waals surface area contributed by atoms with E-state index in [0.717, 1.165) is 25.1 Å². The summed E-state index contributed by atoms with van der Waals surface area (Å²) >= 11 is 4.87. The van der Waals surface area contributed by atoms with Crippen LogP contribution >= 0.6 is 34.4 Å². The van der Waals surface area contributed by atoms with Crippen LogP contribution in [0.1, 0.15) is 4.88 Å². The SMILES string of the molecule is CSc1nc2ccc(NC(=O)/C=C/c3cccs3)cc2s1. The van der Waals surface area contributed by atoms with Crippen LogP contribution in [0.3, 0.4) is 0 Å². The molecule has 0 unspecified atom stereocenters. The number of fused-ring (bicyclic) bond motifs is 1. The van der Waals surface area contributed by atoms with E-state index in [1.165, 1.54) is 0 Å². The van der Waals surface area contributed by atoms with Crippen molar-refractivity contribution < 1.29 is 4.79 Å². The molecule has 0 aliphatic heterocycles. The summed E-state index contributed by atoms with van der Waals surface area (Å²) in [7, 11) is 0. The average molecular weight is 332 g/mol. The molecule has 3 nitrogen and oxygen atoms in total. The molecule has 0 radical (unpaired) electrons. The van der Waals surface area contributed by atoms with Crippen LogP contribution in [0.2, 0.25) is 0 Å². The number of aromatic nitrogens is 1. The van der Waals surface area contributed by atoms with E-state index in [1.807, 2.05) is 48.0 Å². The van der Waals surface area contributed by atoms with Crippen molar-refractivity contribution in [3.05, 3.63) is 46.7 Å².